The van der Waals surface area contributed by atoms with E-state index in [1.54, 1.807) is 36.9 Å². The molecule has 3 rings (SSSR count). The van der Waals surface area contributed by atoms with Crippen LogP contribution in [0.25, 0.3) is 5.69 Å². The number of carbonyl (C=O) groups is 1. The highest BCUT2D eigenvalue weighted by molar-refractivity contribution is 5.77. The summed E-state index contributed by atoms with van der Waals surface area (Å²) in [6, 6.07) is 13.4. The summed E-state index contributed by atoms with van der Waals surface area (Å²) in [6.07, 6.45) is 5.14. The predicted octanol–water partition coefficient (Wildman–Crippen LogP) is 2.71. The average molecular weight is 325 g/mol. The van der Waals surface area contributed by atoms with Gasteiger partial charge in [-0.25, -0.2) is 9.37 Å². The van der Waals surface area contributed by atoms with Gasteiger partial charge >= 0.3 is 0 Å². The first-order valence-corrected chi connectivity index (χ1v) is 7.44. The Hall–Kier alpha value is -3.15. The van der Waals surface area contributed by atoms with Gasteiger partial charge in [-0.2, -0.15) is 0 Å². The molecule has 0 aliphatic carbocycles. The number of nitrogens with zero attached hydrogens (tertiary/aromatic N) is 2. The third-order valence-corrected chi connectivity index (χ3v) is 3.41. The molecule has 0 aliphatic heterocycles. The van der Waals surface area contributed by atoms with Gasteiger partial charge in [-0.3, -0.25) is 4.79 Å². The van der Waals surface area contributed by atoms with Crippen LogP contribution < -0.4 is 10.1 Å². The molecule has 1 aromatic heterocycles. The van der Waals surface area contributed by atoms with Crippen molar-refractivity contribution in [3.05, 3.63) is 78.6 Å². The van der Waals surface area contributed by atoms with E-state index < -0.39 is 0 Å². The SMILES string of the molecule is O=C(COc1ccccc1-n1ccnc1)NCc1ccc(F)cc1. The minimum atomic E-state index is -0.301. The smallest absolute Gasteiger partial charge is 0.258 e. The number of para-hydroxylation sites is 2. The van der Waals surface area contributed by atoms with E-state index in [9.17, 15) is 9.18 Å². The van der Waals surface area contributed by atoms with Gasteiger partial charge in [0.15, 0.2) is 6.61 Å². The molecular weight excluding hydrogens is 309 g/mol. The normalized spacial score (nSPS) is 10.4. The molecule has 122 valence electrons. The Bertz CT molecular complexity index is 801. The van der Waals surface area contributed by atoms with E-state index in [0.29, 0.717) is 12.3 Å². The molecule has 0 fully saturated rings. The van der Waals surface area contributed by atoms with E-state index >= 15 is 0 Å². The van der Waals surface area contributed by atoms with Crippen molar-refractivity contribution in [2.24, 2.45) is 0 Å². The monoisotopic (exact) mass is 325 g/mol. The molecule has 0 spiro atoms. The zero-order valence-electron chi connectivity index (χ0n) is 12.9. The van der Waals surface area contributed by atoms with Gasteiger partial charge in [-0.05, 0) is 29.8 Å². The van der Waals surface area contributed by atoms with Crippen molar-refractivity contribution in [2.45, 2.75) is 6.54 Å². The van der Waals surface area contributed by atoms with Crippen molar-refractivity contribution in [2.75, 3.05) is 6.61 Å². The van der Waals surface area contributed by atoms with Crippen LogP contribution in [0, 0.1) is 5.82 Å². The number of hydrogen-bond donors (Lipinski definition) is 1. The molecular formula is C18H16FN3O2. The first kappa shape index (κ1) is 15.7. The van der Waals surface area contributed by atoms with Gasteiger partial charge in [0.2, 0.25) is 0 Å². The van der Waals surface area contributed by atoms with Crippen molar-refractivity contribution in [1.29, 1.82) is 0 Å². The molecule has 0 saturated heterocycles. The second-order valence-electron chi connectivity index (χ2n) is 5.13. The van der Waals surface area contributed by atoms with Crippen molar-refractivity contribution in [3.63, 3.8) is 0 Å². The summed E-state index contributed by atoms with van der Waals surface area (Å²) in [6.45, 7) is 0.221. The predicted molar refractivity (Wildman–Crippen MR) is 87.3 cm³/mol. The number of aromatic nitrogens is 2. The number of halogens is 1. The van der Waals surface area contributed by atoms with Gasteiger partial charge in [-0.15, -0.1) is 0 Å². The van der Waals surface area contributed by atoms with Crippen LogP contribution in [0.5, 0.6) is 5.75 Å². The summed E-state index contributed by atoms with van der Waals surface area (Å²) >= 11 is 0. The van der Waals surface area contributed by atoms with Crippen LogP contribution in [-0.4, -0.2) is 22.1 Å². The summed E-state index contributed by atoms with van der Waals surface area (Å²) in [4.78, 5) is 15.9. The summed E-state index contributed by atoms with van der Waals surface area (Å²) < 4.78 is 20.3. The lowest BCUT2D eigenvalue weighted by atomic mass is 10.2. The van der Waals surface area contributed by atoms with Crippen molar-refractivity contribution in [3.8, 4) is 11.4 Å². The Morgan fingerprint density at radius 1 is 1.17 bits per heavy atom. The maximum absolute atomic E-state index is 12.8. The summed E-state index contributed by atoms with van der Waals surface area (Å²) in [5.41, 5.74) is 1.63. The Labute approximate surface area is 138 Å². The third-order valence-electron chi connectivity index (χ3n) is 3.41. The number of rotatable bonds is 6. The fourth-order valence-electron chi connectivity index (χ4n) is 2.19. The lowest BCUT2D eigenvalue weighted by Gasteiger charge is -2.12. The zero-order chi connectivity index (χ0) is 16.8. The van der Waals surface area contributed by atoms with Crippen LogP contribution in [-0.2, 0) is 11.3 Å². The van der Waals surface area contributed by atoms with Crippen LogP contribution in [0.2, 0.25) is 0 Å². The Morgan fingerprint density at radius 2 is 1.96 bits per heavy atom. The molecule has 6 heteroatoms. The minimum absolute atomic E-state index is 0.104. The Kier molecular flexibility index (Phi) is 4.86. The van der Waals surface area contributed by atoms with Gasteiger partial charge in [0.1, 0.15) is 11.6 Å². The Morgan fingerprint density at radius 3 is 2.71 bits per heavy atom. The third kappa shape index (κ3) is 3.98. The van der Waals surface area contributed by atoms with Crippen LogP contribution in [0.15, 0.2) is 67.3 Å². The summed E-state index contributed by atoms with van der Waals surface area (Å²) in [5, 5.41) is 2.74. The van der Waals surface area contributed by atoms with Crippen LogP contribution >= 0.6 is 0 Å². The topological polar surface area (TPSA) is 56.2 Å². The zero-order valence-corrected chi connectivity index (χ0v) is 12.9. The fourth-order valence-corrected chi connectivity index (χ4v) is 2.19. The maximum atomic E-state index is 12.8. The molecule has 24 heavy (non-hydrogen) atoms. The van der Waals surface area contributed by atoms with Crippen molar-refractivity contribution >= 4 is 5.91 Å². The van der Waals surface area contributed by atoms with Gasteiger partial charge < -0.3 is 14.6 Å². The highest BCUT2D eigenvalue weighted by Gasteiger charge is 2.08. The lowest BCUT2D eigenvalue weighted by Crippen LogP contribution is -2.28. The number of benzene rings is 2. The fraction of sp³-hybridized carbons (Fsp3) is 0.111. The Balaban J connectivity index is 1.56. The van der Waals surface area contributed by atoms with E-state index in [1.165, 1.54) is 12.1 Å². The number of nitrogens with one attached hydrogen (secondary N) is 1. The minimum Gasteiger partial charge on any atom is -0.482 e. The molecule has 0 radical (unpaired) electrons. The van der Waals surface area contributed by atoms with E-state index in [4.69, 9.17) is 4.74 Å². The first-order valence-electron chi connectivity index (χ1n) is 7.44. The molecule has 0 aliphatic rings. The molecule has 1 amide bonds. The highest BCUT2D eigenvalue weighted by atomic mass is 19.1. The first-order chi connectivity index (χ1) is 11.7. The van der Waals surface area contributed by atoms with E-state index in [2.05, 4.69) is 10.3 Å². The molecule has 5 nitrogen and oxygen atoms in total. The largest absolute Gasteiger partial charge is 0.482 e. The molecule has 0 saturated carbocycles. The summed E-state index contributed by atoms with van der Waals surface area (Å²) in [7, 11) is 0. The molecule has 1 N–H and O–H groups in total. The van der Waals surface area contributed by atoms with Gasteiger partial charge in [0.25, 0.3) is 5.91 Å². The second kappa shape index (κ2) is 7.41. The standard InChI is InChI=1S/C18H16FN3O2/c19-15-7-5-14(6-8-15)11-21-18(23)12-24-17-4-2-1-3-16(17)22-10-9-20-13-22/h1-10,13H,11-12H2,(H,21,23). The molecule has 1 heterocycles. The van der Waals surface area contributed by atoms with Gasteiger partial charge in [-0.1, -0.05) is 24.3 Å². The molecule has 3 aromatic rings. The van der Waals surface area contributed by atoms with Crippen LogP contribution in [0.3, 0.4) is 0 Å². The lowest BCUT2D eigenvalue weighted by molar-refractivity contribution is -0.123. The molecule has 0 bridgehead atoms. The second-order valence-corrected chi connectivity index (χ2v) is 5.13. The van der Waals surface area contributed by atoms with Gasteiger partial charge in [0.05, 0.1) is 12.0 Å². The number of ether oxygens (including phenoxy) is 1. The average Bonchev–Trinajstić information content (AvgIpc) is 3.14. The highest BCUT2D eigenvalue weighted by Crippen LogP contribution is 2.21. The number of amides is 1. The number of carbonyl (C=O) groups excluding carboxylic acids is 1. The van der Waals surface area contributed by atoms with Crippen molar-refractivity contribution < 1.29 is 13.9 Å². The molecule has 2 aromatic carbocycles. The molecule has 0 atom stereocenters. The molecule has 0 unspecified atom stereocenters. The van der Waals surface area contributed by atoms with Crippen LogP contribution in [0.1, 0.15) is 5.56 Å². The number of imidazole rings is 1. The summed E-state index contributed by atoms with van der Waals surface area (Å²) in [5.74, 6) is 0.0386. The van der Waals surface area contributed by atoms with Crippen molar-refractivity contribution in [1.82, 2.24) is 14.9 Å². The van der Waals surface area contributed by atoms with Gasteiger partial charge in [0, 0.05) is 18.9 Å². The quantitative estimate of drug-likeness (QED) is 0.758. The van der Waals surface area contributed by atoms with E-state index in [0.717, 1.165) is 11.3 Å². The van der Waals surface area contributed by atoms with Crippen LogP contribution in [0.4, 0.5) is 4.39 Å². The number of hydrogen-bond acceptors (Lipinski definition) is 3. The van der Waals surface area contributed by atoms with E-state index in [1.807, 2.05) is 22.8 Å². The van der Waals surface area contributed by atoms with E-state index in [-0.39, 0.29) is 18.3 Å². The maximum Gasteiger partial charge on any atom is 0.258 e.